The van der Waals surface area contributed by atoms with Crippen LogP contribution in [0.2, 0.25) is 0 Å². The Morgan fingerprint density at radius 2 is 2.45 bits per heavy atom. The SMILES string of the molecule is OC(CC1CCCN1Cc1cn2ccsc2n1)c1ccco1. The Morgan fingerprint density at radius 1 is 1.50 bits per heavy atom. The molecule has 0 saturated carbocycles. The van der Waals surface area contributed by atoms with E-state index in [1.165, 1.54) is 6.42 Å². The van der Waals surface area contributed by atoms with Crippen LogP contribution in [0.25, 0.3) is 4.96 Å². The molecule has 0 aromatic carbocycles. The van der Waals surface area contributed by atoms with Gasteiger partial charge in [0.2, 0.25) is 0 Å². The first-order chi connectivity index (χ1) is 10.8. The minimum Gasteiger partial charge on any atom is -0.467 e. The zero-order valence-electron chi connectivity index (χ0n) is 12.3. The summed E-state index contributed by atoms with van der Waals surface area (Å²) < 4.78 is 7.38. The van der Waals surface area contributed by atoms with Gasteiger partial charge in [0.25, 0.3) is 0 Å². The van der Waals surface area contributed by atoms with Crippen molar-refractivity contribution in [2.45, 2.75) is 38.0 Å². The average molecular weight is 317 g/mol. The highest BCUT2D eigenvalue weighted by Gasteiger charge is 2.28. The molecule has 6 heteroatoms. The highest BCUT2D eigenvalue weighted by Crippen LogP contribution is 2.28. The van der Waals surface area contributed by atoms with E-state index in [9.17, 15) is 5.11 Å². The quantitative estimate of drug-likeness (QED) is 0.786. The first kappa shape index (κ1) is 14.0. The van der Waals surface area contributed by atoms with Gasteiger partial charge in [-0.15, -0.1) is 11.3 Å². The molecule has 3 aromatic heterocycles. The van der Waals surface area contributed by atoms with Crippen LogP contribution in [-0.2, 0) is 6.54 Å². The van der Waals surface area contributed by atoms with Gasteiger partial charge in [0, 0.05) is 30.4 Å². The lowest BCUT2D eigenvalue weighted by molar-refractivity contribution is 0.0991. The summed E-state index contributed by atoms with van der Waals surface area (Å²) in [4.78, 5) is 8.13. The molecular formula is C16H19N3O2S. The second-order valence-electron chi connectivity index (χ2n) is 5.86. The Morgan fingerprint density at radius 3 is 3.27 bits per heavy atom. The number of hydrogen-bond acceptors (Lipinski definition) is 5. The van der Waals surface area contributed by atoms with Gasteiger partial charge in [-0.2, -0.15) is 0 Å². The Labute approximate surface area is 132 Å². The lowest BCUT2D eigenvalue weighted by Gasteiger charge is -2.25. The normalized spacial score (nSPS) is 20.9. The lowest BCUT2D eigenvalue weighted by Crippen LogP contribution is -2.30. The molecule has 116 valence electrons. The van der Waals surface area contributed by atoms with Crippen LogP contribution in [0.4, 0.5) is 0 Å². The lowest BCUT2D eigenvalue weighted by atomic mass is 10.1. The van der Waals surface area contributed by atoms with Gasteiger partial charge in [0.15, 0.2) is 4.96 Å². The van der Waals surface area contributed by atoms with Crippen molar-refractivity contribution < 1.29 is 9.52 Å². The molecule has 1 fully saturated rings. The molecule has 1 aliphatic rings. The van der Waals surface area contributed by atoms with Gasteiger partial charge in [-0.1, -0.05) is 0 Å². The minimum atomic E-state index is -0.522. The van der Waals surface area contributed by atoms with Crippen molar-refractivity contribution in [2.24, 2.45) is 0 Å². The summed E-state index contributed by atoms with van der Waals surface area (Å²) >= 11 is 1.66. The number of rotatable bonds is 5. The molecular weight excluding hydrogens is 298 g/mol. The van der Waals surface area contributed by atoms with Crippen molar-refractivity contribution in [3.8, 4) is 0 Å². The number of likely N-dealkylation sites (tertiary alicyclic amines) is 1. The molecule has 0 radical (unpaired) electrons. The highest BCUT2D eigenvalue weighted by molar-refractivity contribution is 7.15. The van der Waals surface area contributed by atoms with Crippen molar-refractivity contribution in [3.63, 3.8) is 0 Å². The van der Waals surface area contributed by atoms with Crippen LogP contribution in [-0.4, -0.2) is 32.0 Å². The van der Waals surface area contributed by atoms with Crippen molar-refractivity contribution in [3.05, 3.63) is 47.6 Å². The van der Waals surface area contributed by atoms with Gasteiger partial charge >= 0.3 is 0 Å². The van der Waals surface area contributed by atoms with Crippen molar-refractivity contribution in [1.29, 1.82) is 0 Å². The number of imidazole rings is 1. The number of hydrogen-bond donors (Lipinski definition) is 1. The Hall–Kier alpha value is -1.63. The third kappa shape index (κ3) is 2.69. The van der Waals surface area contributed by atoms with Crippen LogP contribution in [0, 0.1) is 0 Å². The number of thiazole rings is 1. The first-order valence-electron chi connectivity index (χ1n) is 7.66. The number of aliphatic hydroxyl groups is 1. The molecule has 4 rings (SSSR count). The molecule has 1 N–H and O–H groups in total. The fourth-order valence-corrected chi connectivity index (χ4v) is 4.00. The number of aromatic nitrogens is 2. The Kier molecular flexibility index (Phi) is 3.73. The van der Waals surface area contributed by atoms with Crippen LogP contribution in [0.1, 0.15) is 36.8 Å². The monoisotopic (exact) mass is 317 g/mol. The summed E-state index contributed by atoms with van der Waals surface area (Å²) in [6.45, 7) is 1.92. The number of fused-ring (bicyclic) bond motifs is 1. The van der Waals surface area contributed by atoms with E-state index in [1.807, 2.05) is 23.7 Å². The minimum absolute atomic E-state index is 0.389. The van der Waals surface area contributed by atoms with Gasteiger partial charge in [0.05, 0.1) is 12.0 Å². The molecule has 1 aliphatic heterocycles. The number of nitrogens with zero attached hydrogens (tertiary/aromatic N) is 3. The van der Waals surface area contributed by atoms with Crippen molar-refractivity contribution in [1.82, 2.24) is 14.3 Å². The van der Waals surface area contributed by atoms with Gasteiger partial charge in [-0.3, -0.25) is 9.30 Å². The summed E-state index contributed by atoms with van der Waals surface area (Å²) in [6, 6.07) is 4.05. The fraction of sp³-hybridized carbons (Fsp3) is 0.438. The van der Waals surface area contributed by atoms with Gasteiger partial charge in [0.1, 0.15) is 11.9 Å². The smallest absolute Gasteiger partial charge is 0.193 e. The molecule has 0 aliphatic carbocycles. The predicted molar refractivity (Wildman–Crippen MR) is 84.8 cm³/mol. The van der Waals surface area contributed by atoms with E-state index in [2.05, 4.69) is 20.5 Å². The largest absolute Gasteiger partial charge is 0.467 e. The van der Waals surface area contributed by atoms with E-state index in [0.29, 0.717) is 11.8 Å². The van der Waals surface area contributed by atoms with Crippen LogP contribution in [0.15, 0.2) is 40.6 Å². The van der Waals surface area contributed by atoms with E-state index >= 15 is 0 Å². The van der Waals surface area contributed by atoms with E-state index in [4.69, 9.17) is 4.42 Å². The zero-order chi connectivity index (χ0) is 14.9. The number of aliphatic hydroxyl groups excluding tert-OH is 1. The molecule has 2 unspecified atom stereocenters. The summed E-state index contributed by atoms with van der Waals surface area (Å²) in [6.07, 6.45) is 8.25. The fourth-order valence-electron chi connectivity index (χ4n) is 3.29. The maximum absolute atomic E-state index is 10.3. The molecule has 0 bridgehead atoms. The third-order valence-corrected chi connectivity index (χ3v) is 5.14. The second-order valence-corrected chi connectivity index (χ2v) is 6.73. The zero-order valence-corrected chi connectivity index (χ0v) is 13.1. The summed E-state index contributed by atoms with van der Waals surface area (Å²) in [5.41, 5.74) is 1.10. The van der Waals surface area contributed by atoms with E-state index in [1.54, 1.807) is 17.6 Å². The highest BCUT2D eigenvalue weighted by atomic mass is 32.1. The van der Waals surface area contributed by atoms with Crippen LogP contribution < -0.4 is 0 Å². The first-order valence-corrected chi connectivity index (χ1v) is 8.54. The van der Waals surface area contributed by atoms with Crippen molar-refractivity contribution in [2.75, 3.05) is 6.54 Å². The van der Waals surface area contributed by atoms with E-state index < -0.39 is 6.10 Å². The summed E-state index contributed by atoms with van der Waals surface area (Å²) in [7, 11) is 0. The summed E-state index contributed by atoms with van der Waals surface area (Å²) in [5.74, 6) is 0.661. The van der Waals surface area contributed by atoms with Gasteiger partial charge in [-0.05, 0) is 37.9 Å². The topological polar surface area (TPSA) is 53.9 Å². The van der Waals surface area contributed by atoms with Gasteiger partial charge in [-0.25, -0.2) is 4.98 Å². The molecule has 2 atom stereocenters. The van der Waals surface area contributed by atoms with E-state index in [0.717, 1.165) is 36.6 Å². The molecule has 22 heavy (non-hydrogen) atoms. The number of furan rings is 1. The predicted octanol–water partition coefficient (Wildman–Crippen LogP) is 3.08. The van der Waals surface area contributed by atoms with E-state index in [-0.39, 0.29) is 0 Å². The van der Waals surface area contributed by atoms with Crippen LogP contribution in [0.3, 0.4) is 0 Å². The molecule has 4 heterocycles. The second kappa shape index (κ2) is 5.87. The Bertz CT molecular complexity index is 705. The van der Waals surface area contributed by atoms with Gasteiger partial charge < -0.3 is 9.52 Å². The molecule has 5 nitrogen and oxygen atoms in total. The maximum atomic E-state index is 10.3. The molecule has 1 saturated heterocycles. The maximum Gasteiger partial charge on any atom is 0.193 e. The van der Waals surface area contributed by atoms with Crippen molar-refractivity contribution >= 4 is 16.3 Å². The van der Waals surface area contributed by atoms with Crippen LogP contribution >= 0.6 is 11.3 Å². The molecule has 3 aromatic rings. The molecule has 0 amide bonds. The standard InChI is InChI=1S/C16H19N3O2S/c20-14(15-4-2-7-21-15)9-13-3-1-5-18(13)10-12-11-19-6-8-22-16(19)17-12/h2,4,6-8,11,13-14,20H,1,3,5,9-10H2. The Balaban J connectivity index is 1.43. The third-order valence-electron chi connectivity index (χ3n) is 4.37. The van der Waals surface area contributed by atoms with Crippen LogP contribution in [0.5, 0.6) is 0 Å². The summed E-state index contributed by atoms with van der Waals surface area (Å²) in [5, 5.41) is 12.3. The molecule has 0 spiro atoms. The average Bonchev–Trinajstić information content (AvgIpc) is 3.22.